The number of nitrogens with zero attached hydrogens (tertiary/aromatic N) is 3. The zero-order valence-corrected chi connectivity index (χ0v) is 18.5. The second-order valence-electron chi connectivity index (χ2n) is 7.62. The molecule has 0 atom stereocenters. The predicted molar refractivity (Wildman–Crippen MR) is 129 cm³/mol. The summed E-state index contributed by atoms with van der Waals surface area (Å²) in [7, 11) is 0. The average Bonchev–Trinajstić information content (AvgIpc) is 3.35. The Morgan fingerprint density at radius 1 is 1.03 bits per heavy atom. The number of aromatic nitrogens is 2. The summed E-state index contributed by atoms with van der Waals surface area (Å²) in [6, 6.07) is 18.5. The topological polar surface area (TPSA) is 66.3 Å². The van der Waals surface area contributed by atoms with E-state index in [1.807, 2.05) is 48.1 Å². The molecule has 1 N–H and O–H groups in total. The third kappa shape index (κ3) is 6.17. The summed E-state index contributed by atoms with van der Waals surface area (Å²) in [6.45, 7) is 2.03. The van der Waals surface area contributed by atoms with Crippen LogP contribution in [0.4, 0.5) is 0 Å². The van der Waals surface area contributed by atoms with E-state index in [1.54, 1.807) is 17.4 Å². The van der Waals surface area contributed by atoms with Gasteiger partial charge in [-0.1, -0.05) is 48.5 Å². The minimum Gasteiger partial charge on any atom is -0.388 e. The van der Waals surface area contributed by atoms with Gasteiger partial charge in [0.1, 0.15) is 11.6 Å². The third-order valence-electron chi connectivity index (χ3n) is 5.21. The van der Waals surface area contributed by atoms with Crippen molar-refractivity contribution < 1.29 is 9.90 Å². The third-order valence-corrected chi connectivity index (χ3v) is 5.97. The van der Waals surface area contributed by atoms with Crippen molar-refractivity contribution in [2.45, 2.75) is 19.5 Å². The highest BCUT2D eigenvalue weighted by Gasteiger charge is 2.10. The fourth-order valence-corrected chi connectivity index (χ4v) is 4.17. The number of fused-ring (bicyclic) bond motifs is 1. The van der Waals surface area contributed by atoms with Crippen LogP contribution in [-0.2, 0) is 24.3 Å². The summed E-state index contributed by atoms with van der Waals surface area (Å²) in [5.41, 5.74) is 4.38. The minimum atomic E-state index is -0.465. The Hall–Kier alpha value is -3.19. The van der Waals surface area contributed by atoms with Crippen LogP contribution in [0.1, 0.15) is 21.7 Å². The first-order valence-electron chi connectivity index (χ1n) is 10.5. The van der Waals surface area contributed by atoms with Gasteiger partial charge in [0, 0.05) is 36.2 Å². The first kappa shape index (κ1) is 22.0. The lowest BCUT2D eigenvalue weighted by Gasteiger charge is -2.21. The molecular formula is C26H25N3O2S. The number of ketones is 1. The van der Waals surface area contributed by atoms with E-state index in [0.29, 0.717) is 0 Å². The van der Waals surface area contributed by atoms with Crippen molar-refractivity contribution in [2.24, 2.45) is 0 Å². The van der Waals surface area contributed by atoms with Crippen molar-refractivity contribution in [3.63, 3.8) is 0 Å². The van der Waals surface area contributed by atoms with Crippen LogP contribution in [0.3, 0.4) is 0 Å². The lowest BCUT2D eigenvalue weighted by atomic mass is 10.1. The lowest BCUT2D eigenvalue weighted by Crippen LogP contribution is -2.25. The normalized spacial score (nSPS) is 11.6. The Labute approximate surface area is 191 Å². The molecule has 2 aromatic carbocycles. The van der Waals surface area contributed by atoms with Gasteiger partial charge < -0.3 is 5.11 Å². The van der Waals surface area contributed by atoms with E-state index in [1.165, 1.54) is 22.6 Å². The zero-order chi connectivity index (χ0) is 22.2. The Morgan fingerprint density at radius 3 is 2.66 bits per heavy atom. The van der Waals surface area contributed by atoms with Crippen molar-refractivity contribution in [2.75, 3.05) is 13.2 Å². The Morgan fingerprint density at radius 2 is 1.88 bits per heavy atom. The number of hydrogen-bond donors (Lipinski definition) is 1. The molecule has 0 saturated heterocycles. The SMILES string of the molecule is O=C(/C=C/c1ccc(CN(CCc2cnc3ccccc3c2)Cc2nccs2)cc1)CO. The molecule has 162 valence electrons. The first-order valence-corrected chi connectivity index (χ1v) is 11.4. The van der Waals surface area contributed by atoms with E-state index < -0.39 is 6.61 Å². The largest absolute Gasteiger partial charge is 0.388 e. The summed E-state index contributed by atoms with van der Waals surface area (Å²) in [4.78, 5) is 22.7. The standard InChI is InChI=1S/C26H25N3O2S/c30-19-24(31)10-9-20-5-7-21(8-6-20)17-29(18-26-27-12-14-32-26)13-11-22-15-23-3-1-2-4-25(23)28-16-22/h1-10,12,14-16,30H,11,13,17-19H2/b10-9+. The Bertz CT molecular complexity index is 1190. The lowest BCUT2D eigenvalue weighted by molar-refractivity contribution is -0.117. The van der Waals surface area contributed by atoms with Crippen molar-refractivity contribution in [3.05, 3.63) is 100 Å². The number of rotatable bonds is 10. The molecule has 0 amide bonds. The maximum Gasteiger partial charge on any atom is 0.181 e. The van der Waals surface area contributed by atoms with Gasteiger partial charge in [-0.15, -0.1) is 11.3 Å². The van der Waals surface area contributed by atoms with Crippen LogP contribution in [0, 0.1) is 0 Å². The number of benzene rings is 2. The Balaban J connectivity index is 1.44. The summed E-state index contributed by atoms with van der Waals surface area (Å²) < 4.78 is 0. The quantitative estimate of drug-likeness (QED) is 0.365. The number of hydrogen-bond acceptors (Lipinski definition) is 6. The molecule has 0 spiro atoms. The van der Waals surface area contributed by atoms with Crippen LogP contribution >= 0.6 is 11.3 Å². The second kappa shape index (κ2) is 10.9. The molecule has 6 heteroatoms. The smallest absolute Gasteiger partial charge is 0.181 e. The number of aliphatic hydroxyl groups is 1. The zero-order valence-electron chi connectivity index (χ0n) is 17.7. The summed E-state index contributed by atoms with van der Waals surface area (Å²) in [5, 5.41) is 13.1. The molecule has 0 bridgehead atoms. The fourth-order valence-electron chi connectivity index (χ4n) is 3.51. The van der Waals surface area contributed by atoms with Gasteiger partial charge in [-0.3, -0.25) is 14.7 Å². The predicted octanol–water partition coefficient (Wildman–Crippen LogP) is 4.51. The molecule has 4 aromatic rings. The van der Waals surface area contributed by atoms with Crippen molar-refractivity contribution in [1.29, 1.82) is 0 Å². The first-order chi connectivity index (χ1) is 15.7. The van der Waals surface area contributed by atoms with Crippen LogP contribution in [0.5, 0.6) is 0 Å². The number of pyridine rings is 1. The molecule has 5 nitrogen and oxygen atoms in total. The molecule has 2 aromatic heterocycles. The summed E-state index contributed by atoms with van der Waals surface area (Å²) in [5.74, 6) is -0.299. The van der Waals surface area contributed by atoms with E-state index in [0.717, 1.165) is 42.1 Å². The monoisotopic (exact) mass is 443 g/mol. The van der Waals surface area contributed by atoms with Crippen molar-refractivity contribution in [3.8, 4) is 0 Å². The number of para-hydroxylation sites is 1. The van der Waals surface area contributed by atoms with Crippen LogP contribution in [-0.4, -0.2) is 38.9 Å². The van der Waals surface area contributed by atoms with Gasteiger partial charge in [0.25, 0.3) is 0 Å². The van der Waals surface area contributed by atoms with Crippen molar-refractivity contribution >= 4 is 34.1 Å². The van der Waals surface area contributed by atoms with Crippen molar-refractivity contribution in [1.82, 2.24) is 14.9 Å². The molecule has 0 saturated carbocycles. The maximum atomic E-state index is 11.3. The number of thiazole rings is 1. The van der Waals surface area contributed by atoms with E-state index in [-0.39, 0.29) is 5.78 Å². The number of aliphatic hydroxyl groups excluding tert-OH is 1. The molecule has 0 aliphatic heterocycles. The van der Waals surface area contributed by atoms with Gasteiger partial charge in [-0.2, -0.15) is 0 Å². The Kier molecular flexibility index (Phi) is 7.51. The molecule has 0 fully saturated rings. The average molecular weight is 444 g/mol. The van der Waals surface area contributed by atoms with Crippen LogP contribution < -0.4 is 0 Å². The summed E-state index contributed by atoms with van der Waals surface area (Å²) >= 11 is 1.67. The number of carbonyl (C=O) groups is 1. The molecule has 2 heterocycles. The number of carbonyl (C=O) groups excluding carboxylic acids is 1. The molecular weight excluding hydrogens is 418 g/mol. The van der Waals surface area contributed by atoms with Crippen LogP contribution in [0.2, 0.25) is 0 Å². The molecule has 0 aliphatic rings. The van der Waals surface area contributed by atoms with Gasteiger partial charge >= 0.3 is 0 Å². The second-order valence-corrected chi connectivity index (χ2v) is 8.60. The van der Waals surface area contributed by atoms with E-state index >= 15 is 0 Å². The highest BCUT2D eigenvalue weighted by molar-refractivity contribution is 7.09. The van der Waals surface area contributed by atoms with E-state index in [2.05, 4.69) is 39.1 Å². The van der Waals surface area contributed by atoms with Gasteiger partial charge in [-0.05, 0) is 41.3 Å². The molecule has 4 rings (SSSR count). The molecule has 0 unspecified atom stereocenters. The van der Waals surface area contributed by atoms with Crippen LogP contribution in [0.25, 0.3) is 17.0 Å². The summed E-state index contributed by atoms with van der Waals surface area (Å²) in [6.07, 6.45) is 7.86. The van der Waals surface area contributed by atoms with Gasteiger partial charge in [0.15, 0.2) is 5.78 Å². The highest BCUT2D eigenvalue weighted by atomic mass is 32.1. The van der Waals surface area contributed by atoms with Gasteiger partial charge in [0.2, 0.25) is 0 Å². The minimum absolute atomic E-state index is 0.299. The molecule has 0 radical (unpaired) electrons. The van der Waals surface area contributed by atoms with Crippen LogP contribution in [0.15, 0.2) is 78.4 Å². The molecule has 0 aliphatic carbocycles. The van der Waals surface area contributed by atoms with Gasteiger partial charge in [-0.25, -0.2) is 4.98 Å². The highest BCUT2D eigenvalue weighted by Crippen LogP contribution is 2.17. The fraction of sp³-hybridized carbons (Fsp3) is 0.192. The molecule has 32 heavy (non-hydrogen) atoms. The maximum absolute atomic E-state index is 11.3. The van der Waals surface area contributed by atoms with Gasteiger partial charge in [0.05, 0.1) is 12.1 Å². The van der Waals surface area contributed by atoms with E-state index in [9.17, 15) is 4.79 Å². The van der Waals surface area contributed by atoms with E-state index in [4.69, 9.17) is 5.11 Å².